The number of carboxylic acid groups (broad SMARTS) is 1. The summed E-state index contributed by atoms with van der Waals surface area (Å²) in [5.41, 5.74) is -0.167. The normalized spacial score (nSPS) is 10.6. The van der Waals surface area contributed by atoms with Crippen LogP contribution in [0.4, 0.5) is 0 Å². The summed E-state index contributed by atoms with van der Waals surface area (Å²) in [4.78, 5) is 24.0. The van der Waals surface area contributed by atoms with Crippen LogP contribution in [-0.2, 0) is 14.5 Å². The molecule has 0 fully saturated rings. The lowest BCUT2D eigenvalue weighted by Crippen LogP contribution is -2.06. The Morgan fingerprint density at radius 1 is 1.50 bits per heavy atom. The fraction of sp³-hybridized carbons (Fsp3) is 0.143. The minimum absolute atomic E-state index is 0.0334. The molecule has 0 unspecified atom stereocenters. The largest absolute Gasteiger partial charge is 0.478 e. The van der Waals surface area contributed by atoms with Gasteiger partial charge in [0.15, 0.2) is 0 Å². The van der Waals surface area contributed by atoms with Crippen molar-refractivity contribution < 1.29 is 24.8 Å². The van der Waals surface area contributed by atoms with E-state index < -0.39 is 11.9 Å². The van der Waals surface area contributed by atoms with Gasteiger partial charge in [-0.25, -0.2) is 9.59 Å². The van der Waals surface area contributed by atoms with Crippen LogP contribution < -0.4 is 0 Å². The van der Waals surface area contributed by atoms with E-state index >= 15 is 0 Å². The number of hydrogen-bond donors (Lipinski definition) is 2. The lowest BCUT2D eigenvalue weighted by atomic mass is 10.2. The molecule has 0 aliphatic rings. The van der Waals surface area contributed by atoms with Crippen molar-refractivity contribution in [3.8, 4) is 0 Å². The topological polar surface area (TPSA) is 83.8 Å². The van der Waals surface area contributed by atoms with Gasteiger partial charge in [0.2, 0.25) is 0 Å². The van der Waals surface area contributed by atoms with Gasteiger partial charge < -0.3 is 5.11 Å². The van der Waals surface area contributed by atoms with Gasteiger partial charge in [0.1, 0.15) is 0 Å². The van der Waals surface area contributed by atoms with Crippen LogP contribution in [0.2, 0.25) is 0 Å². The summed E-state index contributed by atoms with van der Waals surface area (Å²) in [6, 6.07) is 0. The summed E-state index contributed by atoms with van der Waals surface area (Å²) in [6.07, 6.45) is 2.01. The van der Waals surface area contributed by atoms with E-state index in [2.05, 4.69) is 11.5 Å². The van der Waals surface area contributed by atoms with E-state index in [1.54, 1.807) is 0 Å². The predicted molar refractivity (Wildman–Crippen MR) is 39.3 cm³/mol. The Bertz CT molecular complexity index is 228. The third kappa shape index (κ3) is 3.52. The minimum Gasteiger partial charge on any atom is -0.478 e. The van der Waals surface area contributed by atoms with Crippen LogP contribution in [-0.4, -0.2) is 22.3 Å². The maximum Gasteiger partial charge on any atom is 0.369 e. The molecule has 0 heterocycles. The first kappa shape index (κ1) is 10.4. The zero-order valence-electron chi connectivity index (χ0n) is 6.19. The summed E-state index contributed by atoms with van der Waals surface area (Å²) in [5.74, 6) is -2.37. The van der Waals surface area contributed by atoms with Gasteiger partial charge in [-0.2, -0.15) is 5.26 Å². The monoisotopic (exact) mass is 172 g/mol. The summed E-state index contributed by atoms with van der Waals surface area (Å²) in [6.45, 7) is 3.30. The molecule has 0 aromatic carbocycles. The molecule has 5 heteroatoms. The number of carboxylic acids is 1. The van der Waals surface area contributed by atoms with Crippen molar-refractivity contribution in [2.45, 2.75) is 6.42 Å². The third-order valence-electron chi connectivity index (χ3n) is 1.01. The van der Waals surface area contributed by atoms with Crippen LogP contribution in [0.15, 0.2) is 24.3 Å². The quantitative estimate of drug-likeness (QED) is 0.280. The van der Waals surface area contributed by atoms with Crippen LogP contribution in [0.3, 0.4) is 0 Å². The highest BCUT2D eigenvalue weighted by Gasteiger charge is 2.10. The molecule has 12 heavy (non-hydrogen) atoms. The maximum atomic E-state index is 10.6. The van der Waals surface area contributed by atoms with Crippen molar-refractivity contribution in [1.29, 1.82) is 0 Å². The van der Waals surface area contributed by atoms with Crippen molar-refractivity contribution in [2.75, 3.05) is 0 Å². The summed E-state index contributed by atoms with van der Waals surface area (Å²) < 4.78 is 0. The molecule has 0 saturated carbocycles. The number of allylic oxidation sites excluding steroid dienone is 1. The van der Waals surface area contributed by atoms with E-state index in [1.165, 1.54) is 6.08 Å². The summed E-state index contributed by atoms with van der Waals surface area (Å²) >= 11 is 0. The Kier molecular flexibility index (Phi) is 4.40. The molecule has 0 aliphatic carbocycles. The van der Waals surface area contributed by atoms with Gasteiger partial charge >= 0.3 is 11.9 Å². The Balaban J connectivity index is 4.52. The van der Waals surface area contributed by atoms with E-state index in [4.69, 9.17) is 10.4 Å². The lowest BCUT2D eigenvalue weighted by Gasteiger charge is -1.97. The van der Waals surface area contributed by atoms with Crippen molar-refractivity contribution in [3.63, 3.8) is 0 Å². The van der Waals surface area contributed by atoms with E-state index in [1.807, 2.05) is 0 Å². The van der Waals surface area contributed by atoms with Crippen molar-refractivity contribution in [2.24, 2.45) is 0 Å². The second-order valence-electron chi connectivity index (χ2n) is 1.88. The molecule has 0 amide bonds. The SMILES string of the molecule is C=CCC(=CC(=O)O)C(=O)OO. The highest BCUT2D eigenvalue weighted by molar-refractivity contribution is 5.95. The Hall–Kier alpha value is -1.62. The van der Waals surface area contributed by atoms with E-state index in [9.17, 15) is 9.59 Å². The summed E-state index contributed by atoms with van der Waals surface area (Å²) in [7, 11) is 0. The molecular weight excluding hydrogens is 164 g/mol. The minimum atomic E-state index is -1.28. The second kappa shape index (κ2) is 5.09. The maximum absolute atomic E-state index is 10.6. The number of carbonyl (C=O) groups is 2. The molecule has 5 nitrogen and oxygen atoms in total. The van der Waals surface area contributed by atoms with Crippen LogP contribution in [0.1, 0.15) is 6.42 Å². The molecule has 0 rings (SSSR count). The second-order valence-corrected chi connectivity index (χ2v) is 1.88. The van der Waals surface area contributed by atoms with Gasteiger partial charge in [-0.1, -0.05) is 6.08 Å². The summed E-state index contributed by atoms with van der Waals surface area (Å²) in [5, 5.41) is 16.2. The fourth-order valence-electron chi connectivity index (χ4n) is 0.564. The molecule has 0 atom stereocenters. The van der Waals surface area contributed by atoms with E-state index in [-0.39, 0.29) is 12.0 Å². The molecule has 0 spiro atoms. The number of aliphatic carboxylic acids is 1. The van der Waals surface area contributed by atoms with Gasteiger partial charge in [-0.05, 0) is 6.42 Å². The zero-order valence-corrected chi connectivity index (χ0v) is 6.19. The first-order valence-corrected chi connectivity index (χ1v) is 3.02. The smallest absolute Gasteiger partial charge is 0.369 e. The molecule has 0 aliphatic heterocycles. The number of carbonyl (C=O) groups excluding carboxylic acids is 1. The Morgan fingerprint density at radius 3 is 2.42 bits per heavy atom. The van der Waals surface area contributed by atoms with E-state index in [0.717, 1.165) is 0 Å². The molecule has 0 aromatic heterocycles. The Morgan fingerprint density at radius 2 is 2.08 bits per heavy atom. The number of rotatable bonds is 4. The van der Waals surface area contributed by atoms with Crippen LogP contribution in [0.25, 0.3) is 0 Å². The van der Waals surface area contributed by atoms with Gasteiger partial charge in [0.25, 0.3) is 0 Å². The molecular formula is C7H8O5. The van der Waals surface area contributed by atoms with Gasteiger partial charge in [0.05, 0.1) is 5.57 Å². The van der Waals surface area contributed by atoms with E-state index in [0.29, 0.717) is 6.08 Å². The highest BCUT2D eigenvalue weighted by atomic mass is 17.1. The predicted octanol–water partition coefficient (Wildman–Crippen LogP) is 0.590. The van der Waals surface area contributed by atoms with Crippen molar-refractivity contribution in [3.05, 3.63) is 24.3 Å². The molecule has 2 N–H and O–H groups in total. The molecule has 0 bridgehead atoms. The molecule has 0 radical (unpaired) electrons. The average molecular weight is 172 g/mol. The Labute approximate surface area is 68.5 Å². The average Bonchev–Trinajstić information content (AvgIpc) is 2.01. The lowest BCUT2D eigenvalue weighted by molar-refractivity contribution is -0.229. The molecule has 66 valence electrons. The van der Waals surface area contributed by atoms with Crippen LogP contribution >= 0.6 is 0 Å². The van der Waals surface area contributed by atoms with Crippen molar-refractivity contribution >= 4 is 11.9 Å². The third-order valence-corrected chi connectivity index (χ3v) is 1.01. The molecule has 0 saturated heterocycles. The number of hydrogen-bond acceptors (Lipinski definition) is 4. The first-order chi connectivity index (χ1) is 5.61. The fourth-order valence-corrected chi connectivity index (χ4v) is 0.564. The standard InChI is InChI=1S/C7H8O5/c1-2-3-5(4-6(8)9)7(10)12-11/h2,4,11H,1,3H2,(H,8,9). The van der Waals surface area contributed by atoms with Crippen LogP contribution in [0, 0.1) is 0 Å². The van der Waals surface area contributed by atoms with Crippen molar-refractivity contribution in [1.82, 2.24) is 0 Å². The van der Waals surface area contributed by atoms with Gasteiger partial charge in [-0.15, -0.1) is 6.58 Å². The van der Waals surface area contributed by atoms with Crippen LogP contribution in [0.5, 0.6) is 0 Å². The zero-order chi connectivity index (χ0) is 9.56. The highest BCUT2D eigenvalue weighted by Crippen LogP contribution is 2.03. The van der Waals surface area contributed by atoms with Gasteiger partial charge in [0, 0.05) is 6.08 Å². The van der Waals surface area contributed by atoms with Gasteiger partial charge in [-0.3, -0.25) is 4.89 Å². The first-order valence-electron chi connectivity index (χ1n) is 3.02. The molecule has 0 aromatic rings.